The minimum atomic E-state index is 0.580. The summed E-state index contributed by atoms with van der Waals surface area (Å²) in [6.07, 6.45) is 3.27. The van der Waals surface area contributed by atoms with Crippen LogP contribution in [-0.4, -0.2) is 12.6 Å². The second-order valence-corrected chi connectivity index (χ2v) is 4.78. The van der Waals surface area contributed by atoms with Gasteiger partial charge < -0.3 is 5.32 Å². The second-order valence-electron chi connectivity index (χ2n) is 3.94. The number of aryl methyl sites for hydroxylation is 1. The Kier molecular flexibility index (Phi) is 6.18. The SMILES string of the molecule is CCNC(CC)CCc1ccc(Cl)cc1Cl. The molecule has 1 unspecified atom stereocenters. The zero-order valence-electron chi connectivity index (χ0n) is 9.89. The van der Waals surface area contributed by atoms with E-state index in [4.69, 9.17) is 23.2 Å². The Morgan fingerprint density at radius 2 is 2.00 bits per heavy atom. The van der Waals surface area contributed by atoms with E-state index in [2.05, 4.69) is 19.2 Å². The first kappa shape index (κ1) is 13.8. The first-order chi connectivity index (χ1) is 7.67. The van der Waals surface area contributed by atoms with Gasteiger partial charge >= 0.3 is 0 Å². The first-order valence-corrected chi connectivity index (χ1v) is 6.60. The van der Waals surface area contributed by atoms with Gasteiger partial charge in [0.2, 0.25) is 0 Å². The lowest BCUT2D eigenvalue weighted by Gasteiger charge is -2.15. The normalized spacial score (nSPS) is 12.8. The molecule has 3 heteroatoms. The van der Waals surface area contributed by atoms with E-state index < -0.39 is 0 Å². The van der Waals surface area contributed by atoms with Crippen LogP contribution in [0.4, 0.5) is 0 Å². The minimum absolute atomic E-state index is 0.580. The second kappa shape index (κ2) is 7.16. The van der Waals surface area contributed by atoms with Crippen molar-refractivity contribution >= 4 is 23.2 Å². The van der Waals surface area contributed by atoms with Crippen LogP contribution in [0.1, 0.15) is 32.3 Å². The highest BCUT2D eigenvalue weighted by Gasteiger charge is 2.07. The largest absolute Gasteiger partial charge is 0.314 e. The van der Waals surface area contributed by atoms with Gasteiger partial charge in [0.05, 0.1) is 0 Å². The third kappa shape index (κ3) is 4.32. The molecule has 0 fully saturated rings. The molecule has 0 spiro atoms. The summed E-state index contributed by atoms with van der Waals surface area (Å²) in [4.78, 5) is 0. The zero-order valence-corrected chi connectivity index (χ0v) is 11.4. The molecule has 0 aliphatic carbocycles. The van der Waals surface area contributed by atoms with Gasteiger partial charge in [-0.15, -0.1) is 0 Å². The minimum Gasteiger partial charge on any atom is -0.314 e. The maximum atomic E-state index is 6.13. The number of halogens is 2. The average molecular weight is 260 g/mol. The Labute approximate surface area is 108 Å². The van der Waals surface area contributed by atoms with Gasteiger partial charge in [-0.2, -0.15) is 0 Å². The predicted octanol–water partition coefficient (Wildman–Crippen LogP) is 4.31. The van der Waals surface area contributed by atoms with E-state index in [1.54, 1.807) is 0 Å². The Morgan fingerprint density at radius 1 is 1.25 bits per heavy atom. The Balaban J connectivity index is 2.53. The lowest BCUT2D eigenvalue weighted by Crippen LogP contribution is -2.28. The van der Waals surface area contributed by atoms with Crippen molar-refractivity contribution in [3.8, 4) is 0 Å². The van der Waals surface area contributed by atoms with Gasteiger partial charge in [-0.05, 0) is 43.5 Å². The van der Waals surface area contributed by atoms with Gasteiger partial charge in [0, 0.05) is 16.1 Å². The van der Waals surface area contributed by atoms with Crippen LogP contribution in [0.25, 0.3) is 0 Å². The summed E-state index contributed by atoms with van der Waals surface area (Å²) in [7, 11) is 0. The molecule has 0 saturated heterocycles. The van der Waals surface area contributed by atoms with Crippen molar-refractivity contribution in [1.29, 1.82) is 0 Å². The molecule has 1 rings (SSSR count). The number of nitrogens with one attached hydrogen (secondary N) is 1. The van der Waals surface area contributed by atoms with Crippen molar-refractivity contribution in [2.75, 3.05) is 6.54 Å². The molecule has 90 valence electrons. The predicted molar refractivity (Wildman–Crippen MR) is 72.5 cm³/mol. The lowest BCUT2D eigenvalue weighted by molar-refractivity contribution is 0.481. The van der Waals surface area contributed by atoms with Gasteiger partial charge in [0.1, 0.15) is 0 Å². The van der Waals surface area contributed by atoms with Gasteiger partial charge in [-0.3, -0.25) is 0 Å². The molecule has 1 nitrogen and oxygen atoms in total. The van der Waals surface area contributed by atoms with Crippen molar-refractivity contribution in [2.45, 2.75) is 39.2 Å². The highest BCUT2D eigenvalue weighted by molar-refractivity contribution is 6.35. The maximum absolute atomic E-state index is 6.13. The van der Waals surface area contributed by atoms with E-state index in [0.29, 0.717) is 11.1 Å². The molecular weight excluding hydrogens is 241 g/mol. The Morgan fingerprint density at radius 3 is 2.56 bits per heavy atom. The van der Waals surface area contributed by atoms with Gasteiger partial charge in [0.15, 0.2) is 0 Å². The van der Waals surface area contributed by atoms with Crippen LogP contribution in [-0.2, 0) is 6.42 Å². The molecule has 1 aromatic rings. The molecule has 0 bridgehead atoms. The molecule has 0 aromatic heterocycles. The van der Waals surface area contributed by atoms with E-state index >= 15 is 0 Å². The average Bonchev–Trinajstić information content (AvgIpc) is 2.26. The molecule has 1 N–H and O–H groups in total. The van der Waals surface area contributed by atoms with Crippen molar-refractivity contribution < 1.29 is 0 Å². The summed E-state index contributed by atoms with van der Waals surface area (Å²) in [6, 6.07) is 6.31. The van der Waals surface area contributed by atoms with Crippen LogP contribution in [0, 0.1) is 0 Å². The molecule has 0 amide bonds. The van der Waals surface area contributed by atoms with Crippen molar-refractivity contribution in [3.05, 3.63) is 33.8 Å². The summed E-state index contributed by atoms with van der Waals surface area (Å²) >= 11 is 12.0. The van der Waals surface area contributed by atoms with Crippen molar-refractivity contribution in [3.63, 3.8) is 0 Å². The van der Waals surface area contributed by atoms with Crippen LogP contribution < -0.4 is 5.32 Å². The van der Waals surface area contributed by atoms with E-state index in [0.717, 1.165) is 30.8 Å². The molecule has 16 heavy (non-hydrogen) atoms. The fourth-order valence-corrected chi connectivity index (χ4v) is 2.30. The van der Waals surface area contributed by atoms with E-state index in [-0.39, 0.29) is 0 Å². The van der Waals surface area contributed by atoms with Crippen LogP contribution >= 0.6 is 23.2 Å². The molecule has 0 aliphatic heterocycles. The van der Waals surface area contributed by atoms with E-state index in [1.165, 1.54) is 5.56 Å². The van der Waals surface area contributed by atoms with Gasteiger partial charge in [-0.1, -0.05) is 43.1 Å². The number of rotatable bonds is 6. The van der Waals surface area contributed by atoms with Crippen molar-refractivity contribution in [1.82, 2.24) is 5.32 Å². The molecule has 0 heterocycles. The van der Waals surface area contributed by atoms with E-state index in [1.807, 2.05) is 18.2 Å². The highest BCUT2D eigenvalue weighted by Crippen LogP contribution is 2.22. The fourth-order valence-electron chi connectivity index (χ4n) is 1.79. The zero-order chi connectivity index (χ0) is 12.0. The summed E-state index contributed by atoms with van der Waals surface area (Å²) in [5, 5.41) is 4.94. The molecule has 0 aliphatic rings. The monoisotopic (exact) mass is 259 g/mol. The Bertz CT molecular complexity index is 326. The summed E-state index contributed by atoms with van der Waals surface area (Å²) < 4.78 is 0. The standard InChI is InChI=1S/C13H19Cl2N/c1-3-12(16-4-2)8-6-10-5-7-11(14)9-13(10)15/h5,7,9,12,16H,3-4,6,8H2,1-2H3. The number of hydrogen-bond donors (Lipinski definition) is 1. The number of benzene rings is 1. The van der Waals surface area contributed by atoms with Crippen LogP contribution in [0.2, 0.25) is 10.0 Å². The molecule has 0 radical (unpaired) electrons. The van der Waals surface area contributed by atoms with Crippen molar-refractivity contribution in [2.24, 2.45) is 0 Å². The van der Waals surface area contributed by atoms with Crippen LogP contribution in [0.3, 0.4) is 0 Å². The van der Waals surface area contributed by atoms with E-state index in [9.17, 15) is 0 Å². The van der Waals surface area contributed by atoms with Gasteiger partial charge in [0.25, 0.3) is 0 Å². The lowest BCUT2D eigenvalue weighted by atomic mass is 10.0. The Hall–Kier alpha value is -0.240. The molecule has 0 saturated carbocycles. The highest BCUT2D eigenvalue weighted by atomic mass is 35.5. The fraction of sp³-hybridized carbons (Fsp3) is 0.538. The quantitative estimate of drug-likeness (QED) is 0.803. The van der Waals surface area contributed by atoms with Crippen LogP contribution in [0.15, 0.2) is 18.2 Å². The number of hydrogen-bond acceptors (Lipinski definition) is 1. The smallest absolute Gasteiger partial charge is 0.0452 e. The molecule has 1 atom stereocenters. The third-order valence-electron chi connectivity index (χ3n) is 2.76. The summed E-state index contributed by atoms with van der Waals surface area (Å²) in [5.41, 5.74) is 1.18. The topological polar surface area (TPSA) is 12.0 Å². The molecule has 1 aromatic carbocycles. The van der Waals surface area contributed by atoms with Crippen LogP contribution in [0.5, 0.6) is 0 Å². The summed E-state index contributed by atoms with van der Waals surface area (Å²) in [5.74, 6) is 0. The molecular formula is C13H19Cl2N. The van der Waals surface area contributed by atoms with Gasteiger partial charge in [-0.25, -0.2) is 0 Å². The first-order valence-electron chi connectivity index (χ1n) is 5.84. The maximum Gasteiger partial charge on any atom is 0.0452 e. The summed E-state index contributed by atoms with van der Waals surface area (Å²) in [6.45, 7) is 5.36. The third-order valence-corrected chi connectivity index (χ3v) is 3.35.